The Balaban J connectivity index is 1.81. The third kappa shape index (κ3) is 4.45. The van der Waals surface area contributed by atoms with Gasteiger partial charge < -0.3 is 10.1 Å². The topological polar surface area (TPSA) is 84.8 Å². The van der Waals surface area contributed by atoms with Crippen LogP contribution in [0.5, 0.6) is 5.75 Å². The molecule has 33 heavy (non-hydrogen) atoms. The first-order chi connectivity index (χ1) is 15.7. The molecular formula is C26H24N2O4S. The van der Waals surface area contributed by atoms with Crippen LogP contribution in [-0.2, 0) is 10.0 Å². The zero-order valence-corrected chi connectivity index (χ0v) is 19.7. The molecule has 3 aromatic rings. The van der Waals surface area contributed by atoms with Gasteiger partial charge in [-0.15, -0.1) is 0 Å². The van der Waals surface area contributed by atoms with E-state index < -0.39 is 10.0 Å². The number of ether oxygens (including phenoxy) is 1. The molecule has 4 rings (SSSR count). The van der Waals surface area contributed by atoms with Crippen LogP contribution in [0.3, 0.4) is 0 Å². The molecule has 168 valence electrons. The van der Waals surface area contributed by atoms with Gasteiger partial charge in [-0.3, -0.25) is 4.79 Å². The Morgan fingerprint density at radius 3 is 2.15 bits per heavy atom. The SMILES string of the molecule is COc1ccc(NC2=C/C(=N/S(=O)(=O)c3cc(C)c(C)cc3C)c3ccccc3C2=O)cc1. The van der Waals surface area contributed by atoms with Crippen molar-refractivity contribution in [1.82, 2.24) is 0 Å². The highest BCUT2D eigenvalue weighted by Crippen LogP contribution is 2.27. The van der Waals surface area contributed by atoms with Gasteiger partial charge in [0, 0.05) is 16.8 Å². The molecule has 1 aliphatic rings. The molecule has 0 radical (unpaired) electrons. The Morgan fingerprint density at radius 1 is 0.848 bits per heavy atom. The number of sulfonamides is 1. The van der Waals surface area contributed by atoms with Crippen LogP contribution in [0.2, 0.25) is 0 Å². The zero-order valence-electron chi connectivity index (χ0n) is 18.8. The Labute approximate surface area is 193 Å². The lowest BCUT2D eigenvalue weighted by Gasteiger charge is -2.19. The van der Waals surface area contributed by atoms with E-state index in [2.05, 4.69) is 9.71 Å². The maximum atomic E-state index is 13.3. The average molecular weight is 461 g/mol. The lowest BCUT2D eigenvalue weighted by atomic mass is 9.92. The maximum Gasteiger partial charge on any atom is 0.283 e. The Kier molecular flexibility index (Phi) is 5.91. The first kappa shape index (κ1) is 22.5. The molecule has 1 N–H and O–H groups in total. The quantitative estimate of drug-likeness (QED) is 0.580. The molecule has 0 saturated carbocycles. The van der Waals surface area contributed by atoms with Gasteiger partial charge in [0.25, 0.3) is 10.0 Å². The first-order valence-electron chi connectivity index (χ1n) is 10.4. The number of nitrogens with zero attached hydrogens (tertiary/aromatic N) is 1. The van der Waals surface area contributed by atoms with E-state index >= 15 is 0 Å². The predicted molar refractivity (Wildman–Crippen MR) is 130 cm³/mol. The monoisotopic (exact) mass is 460 g/mol. The van der Waals surface area contributed by atoms with E-state index in [0.29, 0.717) is 28.1 Å². The lowest BCUT2D eigenvalue weighted by molar-refractivity contribution is 0.103. The van der Waals surface area contributed by atoms with Gasteiger partial charge in [-0.25, -0.2) is 0 Å². The Hall–Kier alpha value is -3.71. The number of ketones is 1. The smallest absolute Gasteiger partial charge is 0.283 e. The summed E-state index contributed by atoms with van der Waals surface area (Å²) in [6.07, 6.45) is 1.49. The van der Waals surface area contributed by atoms with Crippen molar-refractivity contribution in [2.75, 3.05) is 12.4 Å². The number of methoxy groups -OCH3 is 1. The second kappa shape index (κ2) is 8.67. The van der Waals surface area contributed by atoms with Gasteiger partial charge in [0.15, 0.2) is 0 Å². The van der Waals surface area contributed by atoms with Gasteiger partial charge in [-0.1, -0.05) is 30.3 Å². The molecule has 0 aromatic heterocycles. The van der Waals surface area contributed by atoms with Crippen molar-refractivity contribution in [3.63, 3.8) is 0 Å². The van der Waals surface area contributed by atoms with Crippen molar-refractivity contribution in [1.29, 1.82) is 0 Å². The fourth-order valence-electron chi connectivity index (χ4n) is 3.72. The van der Waals surface area contributed by atoms with Gasteiger partial charge in [0.1, 0.15) is 5.75 Å². The normalized spacial score (nSPS) is 14.6. The van der Waals surface area contributed by atoms with Gasteiger partial charge in [-0.2, -0.15) is 12.8 Å². The van der Waals surface area contributed by atoms with Crippen molar-refractivity contribution >= 4 is 27.2 Å². The van der Waals surface area contributed by atoms with Crippen LogP contribution in [-0.4, -0.2) is 27.0 Å². The van der Waals surface area contributed by atoms with Crippen molar-refractivity contribution < 1.29 is 17.9 Å². The molecule has 0 saturated heterocycles. The maximum absolute atomic E-state index is 13.3. The summed E-state index contributed by atoms with van der Waals surface area (Å²) in [5.41, 5.74) is 4.50. The number of benzene rings is 3. The van der Waals surface area contributed by atoms with Crippen molar-refractivity contribution in [2.45, 2.75) is 25.7 Å². The zero-order chi connectivity index (χ0) is 23.8. The van der Waals surface area contributed by atoms with Crippen LogP contribution in [0.25, 0.3) is 0 Å². The van der Waals surface area contributed by atoms with Crippen molar-refractivity contribution in [3.05, 3.63) is 100 Å². The number of nitrogens with one attached hydrogen (secondary N) is 1. The first-order valence-corrected chi connectivity index (χ1v) is 11.8. The van der Waals surface area contributed by atoms with Crippen molar-refractivity contribution in [3.8, 4) is 5.75 Å². The van der Waals surface area contributed by atoms with Gasteiger partial charge in [0.2, 0.25) is 5.78 Å². The molecule has 0 bridgehead atoms. The number of hydrogen-bond donors (Lipinski definition) is 1. The molecule has 0 spiro atoms. The summed E-state index contributed by atoms with van der Waals surface area (Å²) >= 11 is 0. The van der Waals surface area contributed by atoms with E-state index in [9.17, 15) is 13.2 Å². The molecule has 0 aliphatic heterocycles. The van der Waals surface area contributed by atoms with E-state index in [-0.39, 0.29) is 22.1 Å². The van der Waals surface area contributed by atoms with Gasteiger partial charge in [0.05, 0.1) is 23.4 Å². The summed E-state index contributed by atoms with van der Waals surface area (Å²) in [5, 5.41) is 3.09. The number of rotatable bonds is 5. The molecule has 7 heteroatoms. The summed E-state index contributed by atoms with van der Waals surface area (Å²) in [5.74, 6) is 0.451. The largest absolute Gasteiger partial charge is 0.497 e. The second-order valence-electron chi connectivity index (χ2n) is 7.94. The Bertz CT molecular complexity index is 1420. The summed E-state index contributed by atoms with van der Waals surface area (Å²) in [6, 6.07) is 17.5. The second-order valence-corrected chi connectivity index (χ2v) is 9.51. The number of carbonyl (C=O) groups excluding carboxylic acids is 1. The van der Waals surface area contributed by atoms with E-state index in [4.69, 9.17) is 4.74 Å². The molecule has 0 atom stereocenters. The highest BCUT2D eigenvalue weighted by Gasteiger charge is 2.27. The van der Waals surface area contributed by atoms with Gasteiger partial charge in [-0.05, 0) is 73.9 Å². The van der Waals surface area contributed by atoms with Crippen LogP contribution in [0.1, 0.15) is 32.6 Å². The third-order valence-electron chi connectivity index (χ3n) is 5.63. The minimum absolute atomic E-state index is 0.158. The number of aryl methyl sites for hydroxylation is 3. The summed E-state index contributed by atoms with van der Waals surface area (Å²) in [4.78, 5) is 13.3. The molecule has 0 unspecified atom stereocenters. The molecule has 0 fully saturated rings. The highest BCUT2D eigenvalue weighted by atomic mass is 32.2. The van der Waals surface area contributed by atoms with E-state index in [1.165, 1.54) is 6.08 Å². The molecule has 0 heterocycles. The lowest BCUT2D eigenvalue weighted by Crippen LogP contribution is -2.22. The number of Topliss-reactive ketones (excluding diaryl/α,β-unsaturated/α-hetero) is 1. The molecule has 0 amide bonds. The fraction of sp³-hybridized carbons (Fsp3) is 0.154. The number of fused-ring (bicyclic) bond motifs is 1. The number of hydrogen-bond acceptors (Lipinski definition) is 5. The van der Waals surface area contributed by atoms with E-state index in [1.807, 2.05) is 19.9 Å². The van der Waals surface area contributed by atoms with Crippen LogP contribution >= 0.6 is 0 Å². The van der Waals surface area contributed by atoms with Crippen LogP contribution in [0.4, 0.5) is 5.69 Å². The van der Waals surface area contributed by atoms with E-state index in [0.717, 1.165) is 11.1 Å². The molecule has 1 aliphatic carbocycles. The molecule has 6 nitrogen and oxygen atoms in total. The molecular weight excluding hydrogens is 436 g/mol. The summed E-state index contributed by atoms with van der Waals surface area (Å²) < 4.78 is 35.9. The number of allylic oxidation sites excluding steroid dienone is 2. The standard InChI is InChI=1S/C26H24N2O4S/c1-16-13-18(3)25(14-17(16)2)33(30,31)28-23-15-24(26(29)22-8-6-5-7-21(22)23)27-19-9-11-20(32-4)12-10-19/h5-15,27H,1-4H3/b28-23-. The predicted octanol–water partition coefficient (Wildman–Crippen LogP) is 4.99. The Morgan fingerprint density at radius 2 is 1.48 bits per heavy atom. The highest BCUT2D eigenvalue weighted by molar-refractivity contribution is 7.90. The minimum Gasteiger partial charge on any atom is -0.497 e. The molecule has 3 aromatic carbocycles. The number of anilines is 1. The van der Waals surface area contributed by atoms with Crippen LogP contribution < -0.4 is 10.1 Å². The van der Waals surface area contributed by atoms with E-state index in [1.54, 1.807) is 68.6 Å². The minimum atomic E-state index is -4.01. The average Bonchev–Trinajstić information content (AvgIpc) is 2.79. The third-order valence-corrected chi connectivity index (χ3v) is 7.06. The summed E-state index contributed by atoms with van der Waals surface area (Å²) in [7, 11) is -2.43. The number of carbonyl (C=O) groups is 1. The van der Waals surface area contributed by atoms with Crippen molar-refractivity contribution in [2.24, 2.45) is 4.40 Å². The summed E-state index contributed by atoms with van der Waals surface area (Å²) in [6.45, 7) is 5.56. The van der Waals surface area contributed by atoms with Crippen LogP contribution in [0.15, 0.2) is 81.7 Å². The fourth-order valence-corrected chi connectivity index (χ4v) is 5.02. The van der Waals surface area contributed by atoms with Crippen LogP contribution in [0, 0.1) is 20.8 Å². The van der Waals surface area contributed by atoms with Gasteiger partial charge >= 0.3 is 0 Å².